The second kappa shape index (κ2) is 8.19. The van der Waals surface area contributed by atoms with Gasteiger partial charge in [-0.3, -0.25) is 4.79 Å². The Kier molecular flexibility index (Phi) is 5.64. The number of rotatable bonds is 5. The normalized spacial score (nSPS) is 18.5. The van der Waals surface area contributed by atoms with Crippen molar-refractivity contribution < 1.29 is 14.3 Å². The number of nitrogens with zero attached hydrogens (tertiary/aromatic N) is 1. The molecular weight excluding hydrogens is 362 g/mol. The second-order valence-corrected chi connectivity index (χ2v) is 8.47. The second-order valence-electron chi connectivity index (χ2n) is 8.47. The summed E-state index contributed by atoms with van der Waals surface area (Å²) in [4.78, 5) is 15.3. The molecule has 1 amide bonds. The van der Waals surface area contributed by atoms with Crippen LogP contribution >= 0.6 is 0 Å². The number of ether oxygens (including phenoxy) is 2. The first-order chi connectivity index (χ1) is 14.1. The zero-order chi connectivity index (χ0) is 20.4. The average Bonchev–Trinajstić information content (AvgIpc) is 3.07. The van der Waals surface area contributed by atoms with Gasteiger partial charge in [0.05, 0.1) is 7.11 Å². The van der Waals surface area contributed by atoms with Crippen LogP contribution in [0.15, 0.2) is 42.5 Å². The van der Waals surface area contributed by atoms with Crippen molar-refractivity contribution in [3.63, 3.8) is 0 Å². The summed E-state index contributed by atoms with van der Waals surface area (Å²) in [6.45, 7) is 6.51. The highest BCUT2D eigenvalue weighted by Gasteiger charge is 2.46. The molecule has 2 aromatic rings. The number of anilines is 1. The van der Waals surface area contributed by atoms with Crippen LogP contribution < -0.4 is 9.64 Å². The van der Waals surface area contributed by atoms with Crippen molar-refractivity contribution in [2.45, 2.75) is 44.9 Å². The Labute approximate surface area is 173 Å². The molecule has 1 spiro atoms. The van der Waals surface area contributed by atoms with Crippen LogP contribution in [-0.4, -0.2) is 32.8 Å². The fraction of sp³-hybridized carbons (Fsp3) is 0.480. The first kappa shape index (κ1) is 20.0. The van der Waals surface area contributed by atoms with Crippen LogP contribution in [0.4, 0.5) is 5.69 Å². The molecule has 0 unspecified atom stereocenters. The highest BCUT2D eigenvalue weighted by molar-refractivity contribution is 5.98. The summed E-state index contributed by atoms with van der Waals surface area (Å²) >= 11 is 0. The minimum absolute atomic E-state index is 0.0116. The molecule has 0 saturated carbocycles. The molecule has 0 N–H and O–H groups in total. The van der Waals surface area contributed by atoms with E-state index in [1.807, 2.05) is 12.1 Å². The van der Waals surface area contributed by atoms with Crippen LogP contribution in [0.1, 0.15) is 45.1 Å². The third-order valence-electron chi connectivity index (χ3n) is 6.60. The summed E-state index contributed by atoms with van der Waals surface area (Å²) in [6, 6.07) is 14.8. The Balaban J connectivity index is 1.73. The lowest BCUT2D eigenvalue weighted by Gasteiger charge is -2.34. The minimum atomic E-state index is 0.0116. The van der Waals surface area contributed by atoms with E-state index in [9.17, 15) is 4.79 Å². The fourth-order valence-electron chi connectivity index (χ4n) is 4.84. The van der Waals surface area contributed by atoms with Gasteiger partial charge in [-0.1, -0.05) is 38.5 Å². The van der Waals surface area contributed by atoms with Gasteiger partial charge in [0, 0.05) is 36.8 Å². The summed E-state index contributed by atoms with van der Waals surface area (Å²) in [5, 5.41) is 0. The molecule has 2 aromatic carbocycles. The molecule has 1 fully saturated rings. The van der Waals surface area contributed by atoms with Crippen molar-refractivity contribution in [3.05, 3.63) is 48.0 Å². The summed E-state index contributed by atoms with van der Waals surface area (Å²) in [5.41, 5.74) is 4.77. The highest BCUT2D eigenvalue weighted by atomic mass is 16.5. The van der Waals surface area contributed by atoms with Crippen molar-refractivity contribution in [1.29, 1.82) is 0 Å². The molecule has 4 rings (SSSR count). The Morgan fingerprint density at radius 1 is 1.14 bits per heavy atom. The zero-order valence-corrected chi connectivity index (χ0v) is 17.7. The van der Waals surface area contributed by atoms with Gasteiger partial charge in [-0.15, -0.1) is 0 Å². The molecule has 2 aliphatic heterocycles. The number of hydrogen-bond acceptors (Lipinski definition) is 3. The number of benzene rings is 2. The summed E-state index contributed by atoms with van der Waals surface area (Å²) in [7, 11) is 1.68. The van der Waals surface area contributed by atoms with Crippen molar-refractivity contribution in [2.75, 3.05) is 31.8 Å². The van der Waals surface area contributed by atoms with Gasteiger partial charge in [-0.2, -0.15) is 0 Å². The Morgan fingerprint density at radius 3 is 2.48 bits per heavy atom. The minimum Gasteiger partial charge on any atom is -0.497 e. The van der Waals surface area contributed by atoms with E-state index in [0.717, 1.165) is 56.9 Å². The van der Waals surface area contributed by atoms with E-state index >= 15 is 0 Å². The molecule has 2 aliphatic rings. The predicted molar refractivity (Wildman–Crippen MR) is 117 cm³/mol. The molecular formula is C25H31NO3. The van der Waals surface area contributed by atoms with Gasteiger partial charge in [0.1, 0.15) is 5.75 Å². The zero-order valence-electron chi connectivity index (χ0n) is 17.7. The van der Waals surface area contributed by atoms with Crippen LogP contribution in [0.3, 0.4) is 0 Å². The van der Waals surface area contributed by atoms with E-state index < -0.39 is 0 Å². The van der Waals surface area contributed by atoms with Crippen molar-refractivity contribution in [1.82, 2.24) is 0 Å². The summed E-state index contributed by atoms with van der Waals surface area (Å²) in [5.74, 6) is 1.18. The third-order valence-corrected chi connectivity index (χ3v) is 6.60. The Morgan fingerprint density at radius 2 is 1.83 bits per heavy atom. The largest absolute Gasteiger partial charge is 0.497 e. The van der Waals surface area contributed by atoms with Crippen molar-refractivity contribution >= 4 is 11.6 Å². The molecule has 0 bridgehead atoms. The van der Waals surface area contributed by atoms with Gasteiger partial charge in [0.2, 0.25) is 5.91 Å². The summed E-state index contributed by atoms with van der Waals surface area (Å²) in [6.07, 6.45) is 3.91. The standard InChI is InChI=1S/C25H31NO3/c1-4-5-18(2)24(27)26-17-25(12-14-29-15-13-25)22-16-20(8-11-23(22)26)19-6-9-21(28-3)10-7-19/h6-11,16,18H,4-5,12-15,17H2,1-3H3/t18-/m0/s1. The molecule has 1 saturated heterocycles. The maximum Gasteiger partial charge on any atom is 0.229 e. The average molecular weight is 394 g/mol. The van der Waals surface area contributed by atoms with Gasteiger partial charge in [-0.25, -0.2) is 0 Å². The number of methoxy groups -OCH3 is 1. The SMILES string of the molecule is CCC[C@H](C)C(=O)N1CC2(CCOCC2)c2cc(-c3ccc(OC)cc3)ccc21. The van der Waals surface area contributed by atoms with Crippen LogP contribution in [0.2, 0.25) is 0 Å². The van der Waals surface area contributed by atoms with Gasteiger partial charge in [-0.05, 0) is 60.2 Å². The molecule has 1 atom stereocenters. The fourth-order valence-corrected chi connectivity index (χ4v) is 4.84. The molecule has 154 valence electrons. The van der Waals surface area contributed by atoms with Crippen molar-refractivity contribution in [3.8, 4) is 16.9 Å². The van der Waals surface area contributed by atoms with Gasteiger partial charge < -0.3 is 14.4 Å². The molecule has 0 aliphatic carbocycles. The summed E-state index contributed by atoms with van der Waals surface area (Å²) < 4.78 is 11.0. The molecule has 4 heteroatoms. The smallest absolute Gasteiger partial charge is 0.229 e. The quantitative estimate of drug-likeness (QED) is 0.701. The number of hydrogen-bond donors (Lipinski definition) is 0. The van der Waals surface area contributed by atoms with E-state index in [-0.39, 0.29) is 17.2 Å². The van der Waals surface area contributed by atoms with E-state index in [4.69, 9.17) is 9.47 Å². The molecule has 4 nitrogen and oxygen atoms in total. The molecule has 0 aromatic heterocycles. The third kappa shape index (κ3) is 3.66. The molecule has 0 radical (unpaired) electrons. The monoisotopic (exact) mass is 393 g/mol. The van der Waals surface area contributed by atoms with E-state index in [1.54, 1.807) is 7.11 Å². The van der Waals surface area contributed by atoms with Crippen LogP contribution in [0, 0.1) is 5.92 Å². The number of fused-ring (bicyclic) bond motifs is 2. The lowest BCUT2D eigenvalue weighted by atomic mass is 9.75. The first-order valence-corrected chi connectivity index (χ1v) is 10.8. The molecule has 2 heterocycles. The number of carbonyl (C=O) groups is 1. The topological polar surface area (TPSA) is 38.8 Å². The lowest BCUT2D eigenvalue weighted by molar-refractivity contribution is -0.122. The Hall–Kier alpha value is -2.33. The maximum absolute atomic E-state index is 13.2. The highest BCUT2D eigenvalue weighted by Crippen LogP contribution is 2.48. The van der Waals surface area contributed by atoms with Crippen LogP contribution in [0.5, 0.6) is 5.75 Å². The van der Waals surface area contributed by atoms with Gasteiger partial charge in [0.15, 0.2) is 0 Å². The van der Waals surface area contributed by atoms with Crippen molar-refractivity contribution in [2.24, 2.45) is 5.92 Å². The predicted octanol–water partition coefficient (Wildman–Crippen LogP) is 5.19. The van der Waals surface area contributed by atoms with Crippen LogP contribution in [-0.2, 0) is 14.9 Å². The Bertz CT molecular complexity index is 868. The van der Waals surface area contributed by atoms with E-state index in [2.05, 4.69) is 49.1 Å². The lowest BCUT2D eigenvalue weighted by Crippen LogP contribution is -2.42. The number of amides is 1. The first-order valence-electron chi connectivity index (χ1n) is 10.8. The van der Waals surface area contributed by atoms with Gasteiger partial charge in [0.25, 0.3) is 0 Å². The van der Waals surface area contributed by atoms with E-state index in [1.165, 1.54) is 16.7 Å². The van der Waals surface area contributed by atoms with E-state index in [0.29, 0.717) is 0 Å². The van der Waals surface area contributed by atoms with Gasteiger partial charge >= 0.3 is 0 Å². The van der Waals surface area contributed by atoms with Crippen LogP contribution in [0.25, 0.3) is 11.1 Å². The molecule has 29 heavy (non-hydrogen) atoms. The number of carbonyl (C=O) groups excluding carboxylic acids is 1. The maximum atomic E-state index is 13.2.